The van der Waals surface area contributed by atoms with E-state index >= 15 is 0 Å². The van der Waals surface area contributed by atoms with Crippen LogP contribution in [0.15, 0.2) is 60.9 Å². The Kier molecular flexibility index (Phi) is 6.73. The van der Waals surface area contributed by atoms with Gasteiger partial charge in [0.15, 0.2) is 11.5 Å². The average molecular weight is 471 g/mol. The number of rotatable bonds is 7. The fraction of sp³-hybridized carbons (Fsp3) is 0.379. The van der Waals surface area contributed by atoms with Crippen LogP contribution in [0.2, 0.25) is 0 Å². The van der Waals surface area contributed by atoms with Crippen molar-refractivity contribution in [1.82, 2.24) is 14.9 Å². The summed E-state index contributed by atoms with van der Waals surface area (Å²) in [4.78, 5) is 11.6. The van der Waals surface area contributed by atoms with Gasteiger partial charge < -0.3 is 14.8 Å². The molecule has 5 rings (SSSR count). The average Bonchev–Trinajstić information content (AvgIpc) is 2.87. The summed E-state index contributed by atoms with van der Waals surface area (Å²) in [5.74, 6) is 2.39. The minimum Gasteiger partial charge on any atom is -0.490 e. The minimum atomic E-state index is -0.319. The Morgan fingerprint density at radius 3 is 2.51 bits per heavy atom. The monoisotopic (exact) mass is 470 g/mol. The minimum absolute atomic E-state index is 0.319. The number of nitrogens with zero attached hydrogens (tertiary/aromatic N) is 3. The van der Waals surface area contributed by atoms with Gasteiger partial charge in [-0.15, -0.1) is 0 Å². The summed E-state index contributed by atoms with van der Waals surface area (Å²) in [6, 6.07) is 15.0. The third kappa shape index (κ3) is 5.65. The molecule has 1 N–H and O–H groups in total. The van der Waals surface area contributed by atoms with E-state index < -0.39 is 0 Å². The lowest BCUT2D eigenvalue weighted by atomic mass is 9.99. The number of piperidine rings is 1. The molecule has 3 aromatic rings. The molecule has 2 aliphatic rings. The predicted molar refractivity (Wildman–Crippen MR) is 141 cm³/mol. The van der Waals surface area contributed by atoms with Gasteiger partial charge in [0.25, 0.3) is 0 Å². The van der Waals surface area contributed by atoms with Crippen molar-refractivity contribution in [2.45, 2.75) is 51.8 Å². The second kappa shape index (κ2) is 10.1. The molecule has 6 heteroatoms. The van der Waals surface area contributed by atoms with Gasteiger partial charge in [-0.3, -0.25) is 4.90 Å². The quantitative estimate of drug-likeness (QED) is 0.471. The summed E-state index contributed by atoms with van der Waals surface area (Å²) in [5.41, 5.74) is 4.20. The fourth-order valence-electron chi connectivity index (χ4n) is 4.72. The molecule has 0 unspecified atom stereocenters. The highest BCUT2D eigenvalue weighted by Gasteiger charge is 2.26. The first-order chi connectivity index (χ1) is 17.0. The van der Waals surface area contributed by atoms with Crippen LogP contribution in [0.5, 0.6) is 11.5 Å². The van der Waals surface area contributed by atoms with Gasteiger partial charge in [-0.05, 0) is 62.9 Å². The number of fused-ring (bicyclic) bond motifs is 1. The summed E-state index contributed by atoms with van der Waals surface area (Å²) >= 11 is 0. The first-order valence-corrected chi connectivity index (χ1v) is 12.5. The molecule has 0 aliphatic carbocycles. The molecule has 0 bridgehead atoms. The third-order valence-corrected chi connectivity index (χ3v) is 6.56. The second-order valence-corrected chi connectivity index (χ2v) is 9.84. The molecule has 1 fully saturated rings. The van der Waals surface area contributed by atoms with E-state index in [0.717, 1.165) is 60.7 Å². The molecule has 0 spiro atoms. The normalized spacial score (nSPS) is 17.5. The lowest BCUT2D eigenvalue weighted by Crippen LogP contribution is -2.39. The summed E-state index contributed by atoms with van der Waals surface area (Å²) in [7, 11) is 0. The molecule has 6 nitrogen and oxygen atoms in total. The fourth-order valence-corrected chi connectivity index (χ4v) is 4.72. The Hall–Kier alpha value is -3.38. The van der Waals surface area contributed by atoms with Crippen LogP contribution in [0.1, 0.15) is 44.7 Å². The van der Waals surface area contributed by atoms with E-state index in [-0.39, 0.29) is 5.60 Å². The number of hydrogen-bond donors (Lipinski definition) is 1. The highest BCUT2D eigenvalue weighted by atomic mass is 16.5. The van der Waals surface area contributed by atoms with Gasteiger partial charge in [0.05, 0.1) is 6.61 Å². The van der Waals surface area contributed by atoms with Gasteiger partial charge in [0.1, 0.15) is 5.60 Å². The molecule has 0 atom stereocenters. The van der Waals surface area contributed by atoms with Crippen LogP contribution in [0.3, 0.4) is 0 Å². The van der Waals surface area contributed by atoms with Crippen LogP contribution >= 0.6 is 0 Å². The van der Waals surface area contributed by atoms with E-state index in [0.29, 0.717) is 18.6 Å². The van der Waals surface area contributed by atoms with Crippen LogP contribution < -0.4 is 14.8 Å². The van der Waals surface area contributed by atoms with E-state index in [2.05, 4.69) is 70.4 Å². The Labute approximate surface area is 208 Å². The smallest absolute Gasteiger partial charge is 0.222 e. The van der Waals surface area contributed by atoms with Crippen LogP contribution in [-0.4, -0.2) is 46.2 Å². The predicted octanol–water partition coefficient (Wildman–Crippen LogP) is 5.80. The van der Waals surface area contributed by atoms with E-state index in [9.17, 15) is 0 Å². The Balaban J connectivity index is 1.18. The van der Waals surface area contributed by atoms with Gasteiger partial charge in [0, 0.05) is 49.2 Å². The highest BCUT2D eigenvalue weighted by Crippen LogP contribution is 2.40. The van der Waals surface area contributed by atoms with Crippen LogP contribution in [0.4, 0.5) is 5.95 Å². The van der Waals surface area contributed by atoms with E-state index in [1.807, 2.05) is 37.5 Å². The molecule has 0 amide bonds. The molecule has 35 heavy (non-hydrogen) atoms. The standard InChI is InChI=1S/C29H34N4O2/c1-4-34-26-17-21(16-23-10-13-29(2,3)35-27(23)26)20-33-14-11-25(12-15-33)32-28-30-18-24(19-31-28)22-8-6-5-7-9-22/h5-10,13,16-19,25H,4,11-12,14-15,20H2,1-3H3,(H,30,31,32). The van der Waals surface area contributed by atoms with Gasteiger partial charge in [-0.2, -0.15) is 0 Å². The highest BCUT2D eigenvalue weighted by molar-refractivity contribution is 5.66. The largest absolute Gasteiger partial charge is 0.490 e. The number of benzene rings is 2. The van der Waals surface area contributed by atoms with Crippen molar-refractivity contribution in [2.24, 2.45) is 0 Å². The summed E-state index contributed by atoms with van der Waals surface area (Å²) in [6.07, 6.45) is 10.2. The lowest BCUT2D eigenvalue weighted by Gasteiger charge is -2.33. The number of aromatic nitrogens is 2. The zero-order valence-electron chi connectivity index (χ0n) is 20.8. The van der Waals surface area contributed by atoms with E-state index in [1.54, 1.807) is 0 Å². The number of hydrogen-bond acceptors (Lipinski definition) is 6. The first-order valence-electron chi connectivity index (χ1n) is 12.5. The Bertz CT molecular complexity index is 1170. The maximum absolute atomic E-state index is 6.21. The Morgan fingerprint density at radius 2 is 1.80 bits per heavy atom. The van der Waals surface area contributed by atoms with Crippen molar-refractivity contribution in [3.05, 3.63) is 72.1 Å². The van der Waals surface area contributed by atoms with Crippen LogP contribution in [0, 0.1) is 0 Å². The molecule has 1 aromatic heterocycles. The molecule has 3 heterocycles. The van der Waals surface area contributed by atoms with Gasteiger partial charge in [-0.25, -0.2) is 9.97 Å². The van der Waals surface area contributed by atoms with Crippen molar-refractivity contribution in [1.29, 1.82) is 0 Å². The zero-order valence-corrected chi connectivity index (χ0v) is 20.8. The van der Waals surface area contributed by atoms with Crippen molar-refractivity contribution in [3.8, 4) is 22.6 Å². The SMILES string of the molecule is CCOc1cc(CN2CCC(Nc3ncc(-c4ccccc4)cn3)CC2)cc2c1OC(C)(C)C=C2. The topological polar surface area (TPSA) is 59.5 Å². The van der Waals surface area contributed by atoms with E-state index in [4.69, 9.17) is 9.47 Å². The van der Waals surface area contributed by atoms with Crippen molar-refractivity contribution >= 4 is 12.0 Å². The molecule has 2 aromatic carbocycles. The van der Waals surface area contributed by atoms with Crippen molar-refractivity contribution in [2.75, 3.05) is 25.0 Å². The lowest BCUT2D eigenvalue weighted by molar-refractivity contribution is 0.149. The summed E-state index contributed by atoms with van der Waals surface area (Å²) in [6.45, 7) is 9.72. The third-order valence-electron chi connectivity index (χ3n) is 6.56. The van der Waals surface area contributed by atoms with Gasteiger partial charge in [0.2, 0.25) is 5.95 Å². The van der Waals surface area contributed by atoms with Gasteiger partial charge in [-0.1, -0.05) is 36.4 Å². The van der Waals surface area contributed by atoms with Crippen molar-refractivity contribution < 1.29 is 9.47 Å². The summed E-state index contributed by atoms with van der Waals surface area (Å²) < 4.78 is 12.2. The first kappa shape index (κ1) is 23.4. The molecule has 182 valence electrons. The molecule has 2 aliphatic heterocycles. The molecule has 0 radical (unpaired) electrons. The number of likely N-dealkylation sites (tertiary alicyclic amines) is 1. The molecule has 1 saturated heterocycles. The summed E-state index contributed by atoms with van der Waals surface area (Å²) in [5, 5.41) is 3.52. The van der Waals surface area contributed by atoms with Crippen LogP contribution in [-0.2, 0) is 6.54 Å². The molecular formula is C29H34N4O2. The molecule has 0 saturated carbocycles. The number of ether oxygens (including phenoxy) is 2. The van der Waals surface area contributed by atoms with Crippen LogP contribution in [0.25, 0.3) is 17.2 Å². The maximum Gasteiger partial charge on any atom is 0.222 e. The number of anilines is 1. The zero-order chi connectivity index (χ0) is 24.3. The maximum atomic E-state index is 6.21. The Morgan fingerprint density at radius 1 is 1.06 bits per heavy atom. The second-order valence-electron chi connectivity index (χ2n) is 9.84. The number of nitrogens with one attached hydrogen (secondary N) is 1. The van der Waals surface area contributed by atoms with Gasteiger partial charge >= 0.3 is 0 Å². The van der Waals surface area contributed by atoms with E-state index in [1.165, 1.54) is 5.56 Å². The molecular weight excluding hydrogens is 436 g/mol. The van der Waals surface area contributed by atoms with Crippen molar-refractivity contribution in [3.63, 3.8) is 0 Å².